The molecule has 1 aliphatic rings. The maximum absolute atomic E-state index is 6.16. The van der Waals surface area contributed by atoms with Crippen molar-refractivity contribution < 1.29 is 24.8 Å². The number of hydrogen-bond donors (Lipinski definition) is 0. The third kappa shape index (κ3) is 5.33. The summed E-state index contributed by atoms with van der Waals surface area (Å²) in [4.78, 5) is 9.00. The minimum Gasteiger partial charge on any atom is -0.501 e. The van der Waals surface area contributed by atoms with E-state index in [1.807, 2.05) is 103 Å². The summed E-state index contributed by atoms with van der Waals surface area (Å²) in [6, 6.07) is 46.5. The first-order valence-corrected chi connectivity index (χ1v) is 12.1. The predicted octanol–water partition coefficient (Wildman–Crippen LogP) is 8.53. The number of ether oxygens (including phenoxy) is 1. The molecule has 7 rings (SSSR count). The molecule has 185 valence electrons. The molecular formula is C34H22IrN2O-2. The van der Waals surface area contributed by atoms with Gasteiger partial charge in [-0.1, -0.05) is 72.3 Å². The molecule has 2 aromatic heterocycles. The second-order valence-electron chi connectivity index (χ2n) is 8.49. The third-order valence-corrected chi connectivity index (χ3v) is 6.10. The summed E-state index contributed by atoms with van der Waals surface area (Å²) in [5.41, 5.74) is 8.17. The summed E-state index contributed by atoms with van der Waals surface area (Å²) in [7, 11) is 0. The normalized spacial score (nSPS) is 10.6. The molecule has 0 amide bonds. The van der Waals surface area contributed by atoms with Crippen molar-refractivity contribution in [3.8, 4) is 56.3 Å². The van der Waals surface area contributed by atoms with Gasteiger partial charge in [-0.15, -0.1) is 60.2 Å². The largest absolute Gasteiger partial charge is 0.501 e. The van der Waals surface area contributed by atoms with E-state index < -0.39 is 0 Å². The zero-order valence-corrected chi connectivity index (χ0v) is 22.7. The molecule has 1 radical (unpaired) electrons. The Bertz CT molecular complexity index is 1600. The molecule has 0 N–H and O–H groups in total. The monoisotopic (exact) mass is 667 g/mol. The molecule has 0 atom stereocenters. The summed E-state index contributed by atoms with van der Waals surface area (Å²) in [6.45, 7) is 0. The third-order valence-electron chi connectivity index (χ3n) is 6.10. The van der Waals surface area contributed by atoms with Crippen LogP contribution in [0, 0.1) is 12.1 Å². The molecule has 4 aromatic carbocycles. The van der Waals surface area contributed by atoms with E-state index in [0.29, 0.717) is 0 Å². The number of nitrogens with zero attached hydrogens (tertiary/aromatic N) is 2. The van der Waals surface area contributed by atoms with Crippen LogP contribution in [0.4, 0.5) is 0 Å². The van der Waals surface area contributed by atoms with Gasteiger partial charge in [0, 0.05) is 43.8 Å². The van der Waals surface area contributed by atoms with Gasteiger partial charge in [0.2, 0.25) is 0 Å². The van der Waals surface area contributed by atoms with Crippen LogP contribution in [0.15, 0.2) is 134 Å². The first kappa shape index (κ1) is 25.3. The molecule has 0 bridgehead atoms. The Hall–Kier alpha value is -4.37. The number of para-hydroxylation sites is 1. The van der Waals surface area contributed by atoms with Crippen molar-refractivity contribution in [2.75, 3.05) is 0 Å². The molecule has 0 spiro atoms. The van der Waals surface area contributed by atoms with Gasteiger partial charge in [0.05, 0.1) is 0 Å². The number of fused-ring (bicyclic) bond motifs is 5. The van der Waals surface area contributed by atoms with Crippen molar-refractivity contribution in [2.45, 2.75) is 0 Å². The van der Waals surface area contributed by atoms with Crippen molar-refractivity contribution in [2.24, 2.45) is 0 Å². The minimum atomic E-state index is 0. The van der Waals surface area contributed by atoms with Crippen LogP contribution in [0.1, 0.15) is 0 Å². The van der Waals surface area contributed by atoms with E-state index in [1.165, 1.54) is 0 Å². The fraction of sp³-hybridized carbons (Fsp3) is 0. The Labute approximate surface area is 236 Å². The molecule has 4 heteroatoms. The smallest absolute Gasteiger partial charge is 0.121 e. The molecular weight excluding hydrogens is 645 g/mol. The van der Waals surface area contributed by atoms with Gasteiger partial charge in [0.1, 0.15) is 5.75 Å². The van der Waals surface area contributed by atoms with E-state index in [2.05, 4.69) is 41.4 Å². The van der Waals surface area contributed by atoms with Crippen LogP contribution in [0.2, 0.25) is 0 Å². The Kier molecular flexibility index (Phi) is 7.84. The molecule has 0 fully saturated rings. The van der Waals surface area contributed by atoms with Crippen LogP contribution < -0.4 is 4.74 Å². The average molecular weight is 667 g/mol. The first-order valence-electron chi connectivity index (χ1n) is 12.1. The number of pyridine rings is 2. The number of benzene rings is 4. The Morgan fingerprint density at radius 1 is 0.579 bits per heavy atom. The van der Waals surface area contributed by atoms with Crippen LogP contribution in [0.3, 0.4) is 0 Å². The van der Waals surface area contributed by atoms with Gasteiger partial charge in [0.15, 0.2) is 0 Å². The van der Waals surface area contributed by atoms with Crippen molar-refractivity contribution in [3.05, 3.63) is 146 Å². The summed E-state index contributed by atoms with van der Waals surface area (Å²) in [5.74, 6) is 1.63. The summed E-state index contributed by atoms with van der Waals surface area (Å²) in [6.07, 6.45) is 3.71. The average Bonchev–Trinajstić information content (AvgIpc) is 3.13. The number of rotatable bonds is 2. The standard InChI is InChI=1S/C23H14NO.C11H8N.Ir/c1-2-8-16(9-3-1)17-14-20-18-10-4-6-12-21(18)25-22-13-7-5-11-19(22)23(20)24-15-17;1-2-6-10(7-3-1)11-8-4-5-9-12-11;/h1-10,12-15H;1-6,8-9H;/q2*-1;. The van der Waals surface area contributed by atoms with Crippen LogP contribution >= 0.6 is 0 Å². The van der Waals surface area contributed by atoms with Gasteiger partial charge in [0.25, 0.3) is 0 Å². The van der Waals surface area contributed by atoms with Crippen molar-refractivity contribution in [1.82, 2.24) is 9.97 Å². The van der Waals surface area contributed by atoms with E-state index in [1.54, 1.807) is 6.20 Å². The second kappa shape index (κ2) is 11.8. The maximum atomic E-state index is 6.16. The van der Waals surface area contributed by atoms with Crippen LogP contribution in [-0.4, -0.2) is 9.97 Å². The number of aromatic nitrogens is 2. The van der Waals surface area contributed by atoms with E-state index in [-0.39, 0.29) is 20.1 Å². The quantitative estimate of drug-likeness (QED) is 0.174. The van der Waals surface area contributed by atoms with Crippen molar-refractivity contribution in [1.29, 1.82) is 0 Å². The SMILES string of the molecule is [Ir].[c-]1cccc2c1-c1ncc(-c3ccccc3)cc1-c1ccccc1O2.[c-]1ccccc1-c1ccccn1. The van der Waals surface area contributed by atoms with E-state index in [4.69, 9.17) is 9.72 Å². The number of hydrogen-bond acceptors (Lipinski definition) is 3. The van der Waals surface area contributed by atoms with Gasteiger partial charge >= 0.3 is 0 Å². The molecule has 3 nitrogen and oxygen atoms in total. The Balaban J connectivity index is 0.000000191. The van der Waals surface area contributed by atoms with Crippen LogP contribution in [-0.2, 0) is 20.1 Å². The minimum absolute atomic E-state index is 0. The first-order chi connectivity index (χ1) is 18.4. The molecule has 38 heavy (non-hydrogen) atoms. The van der Waals surface area contributed by atoms with E-state index in [9.17, 15) is 0 Å². The zero-order valence-electron chi connectivity index (χ0n) is 20.3. The van der Waals surface area contributed by atoms with Crippen molar-refractivity contribution >= 4 is 0 Å². The fourth-order valence-corrected chi connectivity index (χ4v) is 4.32. The second-order valence-corrected chi connectivity index (χ2v) is 8.49. The molecule has 0 saturated carbocycles. The summed E-state index contributed by atoms with van der Waals surface area (Å²) in [5, 5.41) is 0. The van der Waals surface area contributed by atoms with Gasteiger partial charge < -0.3 is 14.7 Å². The van der Waals surface area contributed by atoms with Crippen LogP contribution in [0.5, 0.6) is 11.5 Å². The predicted molar refractivity (Wildman–Crippen MR) is 148 cm³/mol. The maximum Gasteiger partial charge on any atom is 0.121 e. The molecule has 0 aliphatic carbocycles. The Morgan fingerprint density at radius 2 is 1.34 bits per heavy atom. The molecule has 0 unspecified atom stereocenters. The summed E-state index contributed by atoms with van der Waals surface area (Å²) >= 11 is 0. The van der Waals surface area contributed by atoms with Crippen LogP contribution in [0.25, 0.3) is 44.8 Å². The van der Waals surface area contributed by atoms with Gasteiger partial charge in [-0.25, -0.2) is 0 Å². The molecule has 3 heterocycles. The van der Waals surface area contributed by atoms with E-state index >= 15 is 0 Å². The molecule has 0 saturated heterocycles. The van der Waals surface area contributed by atoms with Gasteiger partial charge in [-0.2, -0.15) is 0 Å². The van der Waals surface area contributed by atoms with Crippen molar-refractivity contribution in [3.63, 3.8) is 0 Å². The van der Waals surface area contributed by atoms with E-state index in [0.717, 1.165) is 56.3 Å². The topological polar surface area (TPSA) is 35.0 Å². The van der Waals surface area contributed by atoms with Gasteiger partial charge in [-0.05, 0) is 40.2 Å². The molecule has 6 aromatic rings. The fourth-order valence-electron chi connectivity index (χ4n) is 4.32. The van der Waals surface area contributed by atoms with Gasteiger partial charge in [-0.3, -0.25) is 0 Å². The molecule has 1 aliphatic heterocycles. The summed E-state index contributed by atoms with van der Waals surface area (Å²) < 4.78 is 6.16. The zero-order chi connectivity index (χ0) is 24.9. The Morgan fingerprint density at radius 3 is 2.16 bits per heavy atom.